The third-order valence-electron chi connectivity index (χ3n) is 6.02. The summed E-state index contributed by atoms with van der Waals surface area (Å²) in [7, 11) is -0.699. The lowest BCUT2D eigenvalue weighted by atomic mass is 10.1. The molecule has 0 aromatic heterocycles. The van der Waals surface area contributed by atoms with Gasteiger partial charge in [0.15, 0.2) is 11.5 Å². The van der Waals surface area contributed by atoms with Crippen LogP contribution < -0.4 is 9.47 Å². The highest BCUT2D eigenvalue weighted by atomic mass is 32.2. The second-order valence-corrected chi connectivity index (χ2v) is 10.9. The topological polar surface area (TPSA) is 76.2 Å². The van der Waals surface area contributed by atoms with Gasteiger partial charge in [-0.15, -0.1) is 11.8 Å². The Morgan fingerprint density at radius 2 is 1.66 bits per heavy atom. The van der Waals surface area contributed by atoms with Crippen molar-refractivity contribution >= 4 is 27.7 Å². The van der Waals surface area contributed by atoms with Crippen LogP contribution >= 0.6 is 11.8 Å². The maximum Gasteiger partial charge on any atom is 0.243 e. The normalized spacial score (nSPS) is 16.6. The van der Waals surface area contributed by atoms with Crippen molar-refractivity contribution in [2.24, 2.45) is 0 Å². The Bertz CT molecular complexity index is 1100. The number of hydrogen-bond acceptors (Lipinski definition) is 6. The van der Waals surface area contributed by atoms with Crippen LogP contribution in [0.15, 0.2) is 46.2 Å². The van der Waals surface area contributed by atoms with Gasteiger partial charge in [0.2, 0.25) is 15.9 Å². The fraction of sp³-hybridized carbons (Fsp3) is 0.435. The number of thioether (sulfide) groups is 1. The standard InChI is InChI=1S/C23H28N2O5S2/c1-29-21-9-8-20(15-22(21)30-2)32(27,28)25-12-10-24(11-13-25)23(26)16-31-19-7-6-17-4-3-5-18(17)14-19/h6-9,14-15H,3-5,10-13,16H2,1-2H3. The quantitative estimate of drug-likeness (QED) is 0.572. The molecule has 2 aromatic rings. The zero-order chi connectivity index (χ0) is 22.7. The molecule has 4 rings (SSSR count). The minimum atomic E-state index is -3.68. The van der Waals surface area contributed by atoms with E-state index in [0.29, 0.717) is 30.3 Å². The van der Waals surface area contributed by atoms with E-state index in [1.165, 1.54) is 48.2 Å². The Morgan fingerprint density at radius 1 is 0.938 bits per heavy atom. The van der Waals surface area contributed by atoms with Crippen molar-refractivity contribution in [3.63, 3.8) is 0 Å². The molecule has 2 aliphatic rings. The molecule has 1 aliphatic heterocycles. The molecule has 0 radical (unpaired) electrons. The molecular formula is C23H28N2O5S2. The molecule has 1 aliphatic carbocycles. The summed E-state index contributed by atoms with van der Waals surface area (Å²) in [6.07, 6.45) is 3.47. The molecule has 172 valence electrons. The van der Waals surface area contributed by atoms with Gasteiger partial charge in [-0.25, -0.2) is 8.42 Å². The summed E-state index contributed by atoms with van der Waals surface area (Å²) in [5, 5.41) is 0. The lowest BCUT2D eigenvalue weighted by Gasteiger charge is -2.34. The van der Waals surface area contributed by atoms with E-state index in [-0.39, 0.29) is 23.9 Å². The van der Waals surface area contributed by atoms with Crippen molar-refractivity contribution in [3.05, 3.63) is 47.5 Å². The first-order chi connectivity index (χ1) is 15.4. The van der Waals surface area contributed by atoms with E-state index in [4.69, 9.17) is 9.47 Å². The molecular weight excluding hydrogens is 448 g/mol. The highest BCUT2D eigenvalue weighted by Crippen LogP contribution is 2.31. The van der Waals surface area contributed by atoms with Crippen molar-refractivity contribution in [3.8, 4) is 11.5 Å². The number of fused-ring (bicyclic) bond motifs is 1. The van der Waals surface area contributed by atoms with Gasteiger partial charge in [0.1, 0.15) is 0 Å². The predicted octanol–water partition coefficient (Wildman–Crippen LogP) is 2.82. The third kappa shape index (κ3) is 4.74. The van der Waals surface area contributed by atoms with Crippen LogP contribution in [0.1, 0.15) is 17.5 Å². The first-order valence-electron chi connectivity index (χ1n) is 10.7. The summed E-state index contributed by atoms with van der Waals surface area (Å²) in [4.78, 5) is 15.7. The lowest BCUT2D eigenvalue weighted by Crippen LogP contribution is -2.50. The number of benzene rings is 2. The smallest absolute Gasteiger partial charge is 0.243 e. The molecule has 9 heteroatoms. The van der Waals surface area contributed by atoms with Crippen LogP contribution in [0.2, 0.25) is 0 Å². The molecule has 0 spiro atoms. The van der Waals surface area contributed by atoms with Crippen LogP contribution in [0.3, 0.4) is 0 Å². The largest absolute Gasteiger partial charge is 0.493 e. The van der Waals surface area contributed by atoms with Gasteiger partial charge < -0.3 is 14.4 Å². The fourth-order valence-electron chi connectivity index (χ4n) is 4.18. The molecule has 0 saturated carbocycles. The van der Waals surface area contributed by atoms with Crippen molar-refractivity contribution in [1.29, 1.82) is 0 Å². The predicted molar refractivity (Wildman–Crippen MR) is 124 cm³/mol. The van der Waals surface area contributed by atoms with Crippen molar-refractivity contribution in [1.82, 2.24) is 9.21 Å². The molecule has 32 heavy (non-hydrogen) atoms. The number of ether oxygens (including phenoxy) is 2. The Kier molecular flexibility index (Phi) is 6.97. The van der Waals surface area contributed by atoms with Gasteiger partial charge in [-0.3, -0.25) is 4.79 Å². The highest BCUT2D eigenvalue weighted by Gasteiger charge is 2.30. The summed E-state index contributed by atoms with van der Waals surface area (Å²) in [5.74, 6) is 1.24. The highest BCUT2D eigenvalue weighted by molar-refractivity contribution is 8.00. The Labute approximate surface area is 193 Å². The maximum atomic E-state index is 13.1. The average Bonchev–Trinajstić information content (AvgIpc) is 3.30. The van der Waals surface area contributed by atoms with Gasteiger partial charge in [0.05, 0.1) is 24.9 Å². The second-order valence-electron chi connectivity index (χ2n) is 7.87. The number of carbonyl (C=O) groups excluding carboxylic acids is 1. The molecule has 0 unspecified atom stereocenters. The Morgan fingerprint density at radius 3 is 2.38 bits per heavy atom. The van der Waals surface area contributed by atoms with Gasteiger partial charge in [-0.1, -0.05) is 6.07 Å². The number of nitrogens with zero attached hydrogens (tertiary/aromatic N) is 2. The Hall–Kier alpha value is -2.23. The summed E-state index contributed by atoms with van der Waals surface area (Å²) in [6, 6.07) is 11.0. The molecule has 0 bridgehead atoms. The molecule has 7 nitrogen and oxygen atoms in total. The number of aryl methyl sites for hydroxylation is 2. The molecule has 0 atom stereocenters. The van der Waals surface area contributed by atoms with Crippen LogP contribution in [0.4, 0.5) is 0 Å². The fourth-order valence-corrected chi connectivity index (χ4v) is 6.48. The second kappa shape index (κ2) is 9.72. The van der Waals surface area contributed by atoms with Gasteiger partial charge in [0, 0.05) is 37.1 Å². The Balaban J connectivity index is 1.33. The number of amides is 1. The van der Waals surface area contributed by atoms with Crippen LogP contribution in [0, 0.1) is 0 Å². The molecule has 1 amide bonds. The first-order valence-corrected chi connectivity index (χ1v) is 13.1. The van der Waals surface area contributed by atoms with E-state index < -0.39 is 10.0 Å². The van der Waals surface area contributed by atoms with E-state index in [2.05, 4.69) is 18.2 Å². The summed E-state index contributed by atoms with van der Waals surface area (Å²) >= 11 is 1.55. The van der Waals surface area contributed by atoms with Crippen LogP contribution in [-0.2, 0) is 27.7 Å². The zero-order valence-electron chi connectivity index (χ0n) is 18.4. The van der Waals surface area contributed by atoms with Crippen LogP contribution in [0.5, 0.6) is 11.5 Å². The number of piperazine rings is 1. The third-order valence-corrected chi connectivity index (χ3v) is 8.89. The number of methoxy groups -OCH3 is 2. The minimum absolute atomic E-state index is 0.0404. The summed E-state index contributed by atoms with van der Waals surface area (Å²) in [6.45, 7) is 1.31. The average molecular weight is 477 g/mol. The van der Waals surface area contributed by atoms with Gasteiger partial charge in [-0.05, 0) is 54.7 Å². The number of carbonyl (C=O) groups is 1. The summed E-state index contributed by atoms with van der Waals surface area (Å²) in [5.41, 5.74) is 2.82. The maximum absolute atomic E-state index is 13.1. The number of hydrogen-bond donors (Lipinski definition) is 0. The molecule has 0 N–H and O–H groups in total. The number of rotatable bonds is 7. The SMILES string of the molecule is COc1ccc(S(=O)(=O)N2CCN(C(=O)CSc3ccc4c(c3)CCC4)CC2)cc1OC. The monoisotopic (exact) mass is 476 g/mol. The molecule has 2 aromatic carbocycles. The molecule has 1 heterocycles. The van der Waals surface area contributed by atoms with Crippen LogP contribution in [0.25, 0.3) is 0 Å². The first kappa shape index (κ1) is 22.9. The minimum Gasteiger partial charge on any atom is -0.493 e. The van der Waals surface area contributed by atoms with E-state index >= 15 is 0 Å². The van der Waals surface area contributed by atoms with Crippen LogP contribution in [-0.4, -0.2) is 69.7 Å². The molecule has 1 fully saturated rings. The van der Waals surface area contributed by atoms with E-state index in [9.17, 15) is 13.2 Å². The van der Waals surface area contributed by atoms with E-state index in [0.717, 1.165) is 17.7 Å². The molecule has 1 saturated heterocycles. The van der Waals surface area contributed by atoms with Gasteiger partial charge in [0.25, 0.3) is 0 Å². The van der Waals surface area contributed by atoms with Crippen molar-refractivity contribution < 1.29 is 22.7 Å². The van der Waals surface area contributed by atoms with E-state index in [1.807, 2.05) is 0 Å². The zero-order valence-corrected chi connectivity index (χ0v) is 20.0. The summed E-state index contributed by atoms with van der Waals surface area (Å²) < 4.78 is 38.0. The van der Waals surface area contributed by atoms with Crippen molar-refractivity contribution in [2.75, 3.05) is 46.2 Å². The number of sulfonamides is 1. The van der Waals surface area contributed by atoms with Gasteiger partial charge in [-0.2, -0.15) is 4.31 Å². The lowest BCUT2D eigenvalue weighted by molar-refractivity contribution is -0.129. The van der Waals surface area contributed by atoms with Crippen molar-refractivity contribution in [2.45, 2.75) is 29.1 Å². The van der Waals surface area contributed by atoms with Gasteiger partial charge >= 0.3 is 0 Å². The van der Waals surface area contributed by atoms with E-state index in [1.54, 1.807) is 22.7 Å².